The first-order chi connectivity index (χ1) is 6.02. The van der Waals surface area contributed by atoms with Crippen molar-refractivity contribution in [1.82, 2.24) is 0 Å². The van der Waals surface area contributed by atoms with E-state index < -0.39 is 5.97 Å². The fraction of sp³-hybridized carbons (Fsp3) is 0.143. The molecule has 1 aromatic rings. The average Bonchev–Trinajstić information content (AvgIpc) is 2.32. The van der Waals surface area contributed by atoms with Gasteiger partial charge in [0.05, 0.1) is 11.4 Å². The van der Waals surface area contributed by atoms with Gasteiger partial charge in [-0.1, -0.05) is 0 Å². The fourth-order valence-corrected chi connectivity index (χ4v) is 1.58. The number of carboxylic acids is 1. The molecule has 6 heteroatoms. The molecule has 13 heavy (non-hydrogen) atoms. The molecule has 0 saturated heterocycles. The van der Waals surface area contributed by atoms with E-state index in [4.69, 9.17) is 10.8 Å². The Morgan fingerprint density at radius 1 is 1.62 bits per heavy atom. The van der Waals surface area contributed by atoms with E-state index in [1.165, 1.54) is 12.3 Å². The number of amides is 1. The second-order valence-corrected chi connectivity index (χ2v) is 3.26. The van der Waals surface area contributed by atoms with Crippen molar-refractivity contribution in [2.45, 2.75) is 6.92 Å². The highest BCUT2D eigenvalue weighted by atomic mass is 32.1. The highest BCUT2D eigenvalue weighted by Gasteiger charge is 2.16. The van der Waals surface area contributed by atoms with E-state index in [0.717, 1.165) is 11.3 Å². The lowest BCUT2D eigenvalue weighted by Crippen LogP contribution is -2.10. The van der Waals surface area contributed by atoms with E-state index in [2.05, 4.69) is 5.32 Å². The maximum atomic E-state index is 10.7. The van der Waals surface area contributed by atoms with Crippen molar-refractivity contribution in [1.29, 1.82) is 0 Å². The summed E-state index contributed by atoms with van der Waals surface area (Å²) in [4.78, 5) is 21.4. The minimum Gasteiger partial charge on any atom is -0.477 e. The second-order valence-electron chi connectivity index (χ2n) is 2.38. The van der Waals surface area contributed by atoms with E-state index in [9.17, 15) is 9.59 Å². The maximum Gasteiger partial charge on any atom is 0.348 e. The van der Waals surface area contributed by atoms with Gasteiger partial charge in [0.1, 0.15) is 4.88 Å². The van der Waals surface area contributed by atoms with Crippen LogP contribution < -0.4 is 11.1 Å². The molecule has 0 fully saturated rings. The minimum atomic E-state index is -1.09. The SMILES string of the molecule is CC(=O)Nc1c(N)csc1C(=O)O. The summed E-state index contributed by atoms with van der Waals surface area (Å²) < 4.78 is 0. The Kier molecular flexibility index (Phi) is 2.52. The molecule has 4 N–H and O–H groups in total. The van der Waals surface area contributed by atoms with Gasteiger partial charge in [-0.2, -0.15) is 0 Å². The summed E-state index contributed by atoms with van der Waals surface area (Å²) >= 11 is 0.987. The number of carbonyl (C=O) groups is 2. The summed E-state index contributed by atoms with van der Waals surface area (Å²) in [5, 5.41) is 12.5. The van der Waals surface area contributed by atoms with Crippen LogP contribution in [0.3, 0.4) is 0 Å². The standard InChI is InChI=1S/C7H8N2O3S/c1-3(10)9-5-4(8)2-13-6(5)7(11)12/h2H,8H2,1H3,(H,9,10)(H,11,12). The number of rotatable bonds is 2. The molecular formula is C7H8N2O3S. The van der Waals surface area contributed by atoms with Gasteiger partial charge in [-0.05, 0) is 0 Å². The number of aromatic carboxylic acids is 1. The van der Waals surface area contributed by atoms with Crippen molar-refractivity contribution >= 4 is 34.6 Å². The number of nitrogens with one attached hydrogen (secondary N) is 1. The molecule has 0 saturated carbocycles. The van der Waals surface area contributed by atoms with Crippen molar-refractivity contribution in [3.8, 4) is 0 Å². The molecule has 1 rings (SSSR count). The van der Waals surface area contributed by atoms with E-state index >= 15 is 0 Å². The molecule has 0 aliphatic rings. The van der Waals surface area contributed by atoms with Crippen LogP contribution in [0, 0.1) is 0 Å². The number of hydrogen-bond acceptors (Lipinski definition) is 4. The largest absolute Gasteiger partial charge is 0.477 e. The zero-order chi connectivity index (χ0) is 10.0. The first-order valence-electron chi connectivity index (χ1n) is 3.40. The molecule has 70 valence electrons. The van der Waals surface area contributed by atoms with Crippen molar-refractivity contribution in [3.05, 3.63) is 10.3 Å². The summed E-state index contributed by atoms with van der Waals surface area (Å²) in [7, 11) is 0. The Morgan fingerprint density at radius 3 is 2.69 bits per heavy atom. The fourth-order valence-electron chi connectivity index (χ4n) is 0.834. The van der Waals surface area contributed by atoms with Gasteiger partial charge in [-0.3, -0.25) is 4.79 Å². The first-order valence-corrected chi connectivity index (χ1v) is 4.28. The zero-order valence-electron chi connectivity index (χ0n) is 6.83. The molecule has 0 bridgehead atoms. The van der Waals surface area contributed by atoms with Crippen LogP contribution in [0.4, 0.5) is 11.4 Å². The number of hydrogen-bond donors (Lipinski definition) is 3. The molecule has 1 amide bonds. The topological polar surface area (TPSA) is 92.4 Å². The molecule has 0 unspecified atom stereocenters. The predicted molar refractivity (Wildman–Crippen MR) is 50.0 cm³/mol. The Labute approximate surface area is 78.2 Å². The molecule has 0 aliphatic heterocycles. The van der Waals surface area contributed by atoms with Crippen molar-refractivity contribution in [3.63, 3.8) is 0 Å². The van der Waals surface area contributed by atoms with Gasteiger partial charge in [0.2, 0.25) is 5.91 Å². The normalized spacial score (nSPS) is 9.62. The second kappa shape index (κ2) is 3.44. The van der Waals surface area contributed by atoms with Gasteiger partial charge in [0.15, 0.2) is 0 Å². The number of nitrogens with two attached hydrogens (primary N) is 1. The van der Waals surface area contributed by atoms with Crippen LogP contribution in [-0.2, 0) is 4.79 Å². The van der Waals surface area contributed by atoms with Crippen LogP contribution in [0.1, 0.15) is 16.6 Å². The van der Waals surface area contributed by atoms with Gasteiger partial charge in [0.25, 0.3) is 0 Å². The van der Waals surface area contributed by atoms with Crippen molar-refractivity contribution < 1.29 is 14.7 Å². The summed E-state index contributed by atoms with van der Waals surface area (Å²) in [6.07, 6.45) is 0. The van der Waals surface area contributed by atoms with E-state index in [0.29, 0.717) is 0 Å². The van der Waals surface area contributed by atoms with Crippen LogP contribution in [0.5, 0.6) is 0 Å². The lowest BCUT2D eigenvalue weighted by atomic mass is 10.3. The molecule has 0 aromatic carbocycles. The summed E-state index contributed by atoms with van der Waals surface area (Å²) in [6.45, 7) is 1.29. The van der Waals surface area contributed by atoms with Crippen LogP contribution in [0.25, 0.3) is 0 Å². The van der Waals surface area contributed by atoms with Gasteiger partial charge in [0, 0.05) is 12.3 Å². The summed E-state index contributed by atoms with van der Waals surface area (Å²) in [5.74, 6) is -1.43. The highest BCUT2D eigenvalue weighted by Crippen LogP contribution is 2.30. The quantitative estimate of drug-likeness (QED) is 0.663. The average molecular weight is 200 g/mol. The van der Waals surface area contributed by atoms with Crippen LogP contribution in [-0.4, -0.2) is 17.0 Å². The Bertz CT molecular complexity index is 359. The third kappa shape index (κ3) is 1.97. The van der Waals surface area contributed by atoms with E-state index in [1.54, 1.807) is 0 Å². The Morgan fingerprint density at radius 2 is 2.23 bits per heavy atom. The smallest absolute Gasteiger partial charge is 0.348 e. The number of carbonyl (C=O) groups excluding carboxylic acids is 1. The van der Waals surface area contributed by atoms with Gasteiger partial charge >= 0.3 is 5.97 Å². The molecule has 1 heterocycles. The predicted octanol–water partition coefficient (Wildman–Crippen LogP) is 0.987. The van der Waals surface area contributed by atoms with Crippen LogP contribution in [0.2, 0.25) is 0 Å². The third-order valence-electron chi connectivity index (χ3n) is 1.31. The number of nitrogen functional groups attached to an aromatic ring is 1. The van der Waals surface area contributed by atoms with Gasteiger partial charge in [-0.15, -0.1) is 11.3 Å². The lowest BCUT2D eigenvalue weighted by Gasteiger charge is -2.01. The number of thiophene rings is 1. The number of anilines is 2. The molecule has 0 radical (unpaired) electrons. The summed E-state index contributed by atoms with van der Waals surface area (Å²) in [6, 6.07) is 0. The Balaban J connectivity index is 3.08. The molecule has 0 aliphatic carbocycles. The molecule has 5 nitrogen and oxygen atoms in total. The number of carboxylic acid groups (broad SMARTS) is 1. The minimum absolute atomic E-state index is 0.0488. The molecule has 1 aromatic heterocycles. The lowest BCUT2D eigenvalue weighted by molar-refractivity contribution is -0.114. The molecule has 0 atom stereocenters. The van der Waals surface area contributed by atoms with Crippen LogP contribution >= 0.6 is 11.3 Å². The maximum absolute atomic E-state index is 10.7. The Hall–Kier alpha value is -1.56. The van der Waals surface area contributed by atoms with Crippen LogP contribution in [0.15, 0.2) is 5.38 Å². The molecular weight excluding hydrogens is 192 g/mol. The highest BCUT2D eigenvalue weighted by molar-refractivity contribution is 7.13. The zero-order valence-corrected chi connectivity index (χ0v) is 7.64. The van der Waals surface area contributed by atoms with E-state index in [-0.39, 0.29) is 22.2 Å². The van der Waals surface area contributed by atoms with E-state index in [1.807, 2.05) is 0 Å². The third-order valence-corrected chi connectivity index (χ3v) is 2.30. The van der Waals surface area contributed by atoms with Gasteiger partial charge < -0.3 is 16.2 Å². The monoisotopic (exact) mass is 200 g/mol. The van der Waals surface area contributed by atoms with Crippen molar-refractivity contribution in [2.24, 2.45) is 0 Å². The van der Waals surface area contributed by atoms with Crippen molar-refractivity contribution in [2.75, 3.05) is 11.1 Å². The first kappa shape index (κ1) is 9.53. The summed E-state index contributed by atoms with van der Waals surface area (Å²) in [5.41, 5.74) is 5.92. The van der Waals surface area contributed by atoms with Gasteiger partial charge in [-0.25, -0.2) is 4.79 Å². The molecule has 0 spiro atoms.